The number of fused-ring (bicyclic) bond motifs is 2. The minimum Gasteiger partial charge on any atom is -0.411 e. The molecule has 2 aliphatic carbocycles. The van der Waals surface area contributed by atoms with Crippen molar-refractivity contribution in [2.75, 3.05) is 0 Å². The van der Waals surface area contributed by atoms with Crippen molar-refractivity contribution in [1.29, 1.82) is 0 Å². The lowest BCUT2D eigenvalue weighted by molar-refractivity contribution is 0.210. The summed E-state index contributed by atoms with van der Waals surface area (Å²) in [7, 11) is 0. The van der Waals surface area contributed by atoms with Gasteiger partial charge in [0.2, 0.25) is 0 Å². The first-order valence-corrected chi connectivity index (χ1v) is 5.57. The Morgan fingerprint density at radius 1 is 1.31 bits per heavy atom. The Balaban J connectivity index is 2.55. The number of nitrogens with zero attached hydrogens (tertiary/aromatic N) is 1. The second kappa shape index (κ2) is 2.30. The molecule has 0 heterocycles. The van der Waals surface area contributed by atoms with E-state index in [-0.39, 0.29) is 15.2 Å². The summed E-state index contributed by atoms with van der Waals surface area (Å²) < 4.78 is 0.163. The van der Waals surface area contributed by atoms with Gasteiger partial charge in [0.15, 0.2) is 0 Å². The van der Waals surface area contributed by atoms with E-state index >= 15 is 0 Å². The molecule has 0 aliphatic heterocycles. The van der Waals surface area contributed by atoms with Gasteiger partial charge in [0.05, 0.1) is 5.71 Å². The lowest BCUT2D eigenvalue weighted by Gasteiger charge is -2.36. The predicted octanol–water partition coefficient (Wildman–Crippen LogP) is 3.18. The maximum absolute atomic E-state index is 8.97. The zero-order valence-electron chi connectivity index (χ0n) is 8.39. The van der Waals surface area contributed by atoms with Crippen molar-refractivity contribution in [2.45, 2.75) is 44.4 Å². The van der Waals surface area contributed by atoms with Crippen LogP contribution in [0.25, 0.3) is 0 Å². The number of alkyl halides is 1. The molecular weight excluding hydrogens is 230 g/mol. The average molecular weight is 246 g/mol. The van der Waals surface area contributed by atoms with Gasteiger partial charge in [0.25, 0.3) is 0 Å². The molecule has 74 valence electrons. The summed E-state index contributed by atoms with van der Waals surface area (Å²) in [6.07, 6.45) is 3.22. The molecular formula is C10H16BrNO. The van der Waals surface area contributed by atoms with Gasteiger partial charge in [0.1, 0.15) is 0 Å². The van der Waals surface area contributed by atoms with Crippen molar-refractivity contribution in [1.82, 2.24) is 0 Å². The van der Waals surface area contributed by atoms with Gasteiger partial charge in [-0.2, -0.15) is 0 Å². The van der Waals surface area contributed by atoms with Crippen LogP contribution in [-0.2, 0) is 0 Å². The third kappa shape index (κ3) is 0.821. The standard InChI is InChI=1S/C10H16BrNO/c1-8(2)9(3)4-5-10(8,11)6-7(9)12-13/h13H,4-6H2,1-3H3/b12-7-/t9-,10-/m1/s1. The number of oxime groups is 1. The molecule has 2 bridgehead atoms. The lowest BCUT2D eigenvalue weighted by atomic mass is 9.70. The third-order valence-corrected chi connectivity index (χ3v) is 6.39. The van der Waals surface area contributed by atoms with E-state index in [1.165, 1.54) is 6.42 Å². The van der Waals surface area contributed by atoms with Crippen molar-refractivity contribution in [3.05, 3.63) is 0 Å². The molecule has 0 aromatic carbocycles. The Hall–Kier alpha value is -0.0500. The van der Waals surface area contributed by atoms with E-state index in [9.17, 15) is 0 Å². The maximum atomic E-state index is 8.97. The minimum atomic E-state index is 0.0885. The van der Waals surface area contributed by atoms with E-state index in [4.69, 9.17) is 5.21 Å². The first-order valence-electron chi connectivity index (χ1n) is 4.78. The SMILES string of the molecule is CC1(C)[C@@]2(Br)CC[C@]1(C)/C(=N\O)C2. The van der Waals surface area contributed by atoms with Gasteiger partial charge in [-0.15, -0.1) is 0 Å². The average Bonchev–Trinajstić information content (AvgIpc) is 2.32. The highest BCUT2D eigenvalue weighted by Crippen LogP contribution is 2.69. The topological polar surface area (TPSA) is 32.6 Å². The third-order valence-electron chi connectivity index (χ3n) is 4.73. The number of rotatable bonds is 0. The largest absolute Gasteiger partial charge is 0.411 e. The molecule has 2 saturated carbocycles. The molecule has 2 aliphatic rings. The van der Waals surface area contributed by atoms with Crippen LogP contribution in [0.1, 0.15) is 40.0 Å². The van der Waals surface area contributed by atoms with Gasteiger partial charge < -0.3 is 5.21 Å². The monoisotopic (exact) mass is 245 g/mol. The van der Waals surface area contributed by atoms with Gasteiger partial charge in [-0.05, 0) is 18.3 Å². The molecule has 2 atom stereocenters. The summed E-state index contributed by atoms with van der Waals surface area (Å²) in [6.45, 7) is 6.76. The van der Waals surface area contributed by atoms with Crippen molar-refractivity contribution in [3.8, 4) is 0 Å². The number of hydrogen-bond donors (Lipinski definition) is 1. The van der Waals surface area contributed by atoms with Crippen LogP contribution < -0.4 is 0 Å². The summed E-state index contributed by atoms with van der Waals surface area (Å²) in [5, 5.41) is 12.4. The van der Waals surface area contributed by atoms with E-state index < -0.39 is 0 Å². The zero-order chi connectivity index (χ0) is 9.91. The maximum Gasteiger partial charge on any atom is 0.0649 e. The second-order valence-electron chi connectivity index (χ2n) is 5.15. The van der Waals surface area contributed by atoms with Crippen LogP contribution in [0, 0.1) is 10.8 Å². The Morgan fingerprint density at radius 3 is 2.15 bits per heavy atom. The van der Waals surface area contributed by atoms with E-state index in [0.29, 0.717) is 0 Å². The van der Waals surface area contributed by atoms with E-state index in [1.807, 2.05) is 0 Å². The Bertz CT molecular complexity index is 287. The summed E-state index contributed by atoms with van der Waals surface area (Å²) in [4.78, 5) is 0. The molecule has 1 N–H and O–H groups in total. The van der Waals surface area contributed by atoms with Crippen LogP contribution in [0.4, 0.5) is 0 Å². The smallest absolute Gasteiger partial charge is 0.0649 e. The normalized spacial score (nSPS) is 50.3. The Morgan fingerprint density at radius 2 is 1.92 bits per heavy atom. The van der Waals surface area contributed by atoms with Crippen molar-refractivity contribution in [2.24, 2.45) is 16.0 Å². The molecule has 0 amide bonds. The summed E-state index contributed by atoms with van der Waals surface area (Å²) >= 11 is 3.83. The summed E-state index contributed by atoms with van der Waals surface area (Å²) in [5.74, 6) is 0. The van der Waals surface area contributed by atoms with Crippen LogP contribution in [-0.4, -0.2) is 15.2 Å². The molecule has 2 fully saturated rings. The Labute approximate surface area is 87.5 Å². The van der Waals surface area contributed by atoms with Crippen molar-refractivity contribution < 1.29 is 5.21 Å². The number of hydrogen-bond acceptors (Lipinski definition) is 2. The van der Waals surface area contributed by atoms with Gasteiger partial charge in [-0.3, -0.25) is 0 Å². The van der Waals surface area contributed by atoms with Gasteiger partial charge >= 0.3 is 0 Å². The Kier molecular flexibility index (Phi) is 1.68. The van der Waals surface area contributed by atoms with E-state index in [2.05, 4.69) is 41.9 Å². The molecule has 2 rings (SSSR count). The van der Waals surface area contributed by atoms with Gasteiger partial charge in [-0.1, -0.05) is 41.9 Å². The molecule has 0 aromatic heterocycles. The van der Waals surface area contributed by atoms with Crippen LogP contribution in [0.15, 0.2) is 5.16 Å². The molecule has 13 heavy (non-hydrogen) atoms. The molecule has 0 radical (unpaired) electrons. The molecule has 2 nitrogen and oxygen atoms in total. The van der Waals surface area contributed by atoms with E-state index in [1.54, 1.807) is 0 Å². The van der Waals surface area contributed by atoms with E-state index in [0.717, 1.165) is 18.6 Å². The fourth-order valence-electron chi connectivity index (χ4n) is 2.99. The molecule has 3 heteroatoms. The zero-order valence-corrected chi connectivity index (χ0v) is 9.98. The number of halogens is 1. The first-order chi connectivity index (χ1) is 5.87. The predicted molar refractivity (Wildman–Crippen MR) is 56.6 cm³/mol. The van der Waals surface area contributed by atoms with Gasteiger partial charge in [-0.25, -0.2) is 0 Å². The van der Waals surface area contributed by atoms with Crippen molar-refractivity contribution >= 4 is 21.6 Å². The van der Waals surface area contributed by atoms with Crippen LogP contribution in [0.2, 0.25) is 0 Å². The van der Waals surface area contributed by atoms with Crippen LogP contribution in [0.5, 0.6) is 0 Å². The summed E-state index contributed by atoms with van der Waals surface area (Å²) in [6, 6.07) is 0. The minimum absolute atomic E-state index is 0.0885. The summed E-state index contributed by atoms with van der Waals surface area (Å²) in [5.41, 5.74) is 1.26. The van der Waals surface area contributed by atoms with Gasteiger partial charge in [0, 0.05) is 16.2 Å². The highest BCUT2D eigenvalue weighted by Gasteiger charge is 2.67. The van der Waals surface area contributed by atoms with Crippen molar-refractivity contribution in [3.63, 3.8) is 0 Å². The quantitative estimate of drug-likeness (QED) is 0.397. The molecule has 0 unspecified atom stereocenters. The van der Waals surface area contributed by atoms with Crippen LogP contribution in [0.3, 0.4) is 0 Å². The lowest BCUT2D eigenvalue weighted by Crippen LogP contribution is -2.36. The fourth-order valence-corrected chi connectivity index (χ4v) is 3.89. The highest BCUT2D eigenvalue weighted by atomic mass is 79.9. The highest BCUT2D eigenvalue weighted by molar-refractivity contribution is 9.10. The molecule has 0 spiro atoms. The van der Waals surface area contributed by atoms with Crippen LogP contribution >= 0.6 is 15.9 Å². The molecule has 0 saturated heterocycles. The molecule has 0 aromatic rings. The second-order valence-corrected chi connectivity index (χ2v) is 6.66. The fraction of sp³-hybridized carbons (Fsp3) is 0.900. The first kappa shape index (κ1) is 9.50.